The van der Waals surface area contributed by atoms with Crippen LogP contribution in [0.15, 0.2) is 21.6 Å². The smallest absolute Gasteiger partial charge is 0.348 e. The maximum absolute atomic E-state index is 11.9. The summed E-state index contributed by atoms with van der Waals surface area (Å²) in [6, 6.07) is 5.69. The molecule has 1 aliphatic rings. The van der Waals surface area contributed by atoms with Crippen molar-refractivity contribution in [2.75, 3.05) is 12.9 Å². The first-order valence-electron chi connectivity index (χ1n) is 6.53. The van der Waals surface area contributed by atoms with Gasteiger partial charge in [-0.2, -0.15) is 15.8 Å². The molecular formula is C15H15N3O2S. The lowest BCUT2D eigenvalue weighted by Crippen LogP contribution is -2.12. The lowest BCUT2D eigenvalue weighted by molar-refractivity contribution is -0.138. The molecule has 1 unspecified atom stereocenters. The molecule has 1 rings (SSSR count). The molecule has 0 spiro atoms. The number of thioether (sulfide) groups is 1. The van der Waals surface area contributed by atoms with Crippen LogP contribution in [0, 0.1) is 39.9 Å². The number of nitrogens with zero attached hydrogens (tertiary/aromatic N) is 3. The van der Waals surface area contributed by atoms with Crippen LogP contribution < -0.4 is 0 Å². The van der Waals surface area contributed by atoms with E-state index in [-0.39, 0.29) is 23.7 Å². The van der Waals surface area contributed by atoms with E-state index < -0.39 is 5.97 Å². The Morgan fingerprint density at radius 3 is 2.48 bits per heavy atom. The maximum atomic E-state index is 11.9. The van der Waals surface area contributed by atoms with Crippen LogP contribution in [0.1, 0.15) is 26.2 Å². The predicted molar refractivity (Wildman–Crippen MR) is 78.4 cm³/mol. The van der Waals surface area contributed by atoms with Crippen LogP contribution in [0.2, 0.25) is 0 Å². The van der Waals surface area contributed by atoms with Gasteiger partial charge in [0.25, 0.3) is 0 Å². The van der Waals surface area contributed by atoms with Crippen molar-refractivity contribution in [1.82, 2.24) is 0 Å². The number of esters is 1. The molecule has 6 heteroatoms. The van der Waals surface area contributed by atoms with Gasteiger partial charge in [-0.15, -0.1) is 11.8 Å². The van der Waals surface area contributed by atoms with E-state index in [1.165, 1.54) is 11.8 Å². The van der Waals surface area contributed by atoms with Crippen molar-refractivity contribution in [3.63, 3.8) is 0 Å². The monoisotopic (exact) mass is 301 g/mol. The number of nitriles is 3. The summed E-state index contributed by atoms with van der Waals surface area (Å²) in [6.07, 6.45) is 3.94. The first kappa shape index (κ1) is 16.8. The quantitative estimate of drug-likeness (QED) is 0.450. The summed E-state index contributed by atoms with van der Waals surface area (Å²) in [5.74, 6) is -0.842. The summed E-state index contributed by atoms with van der Waals surface area (Å²) < 4.78 is 4.91. The SMILES string of the molecule is CCOC(=O)/C(C#N)=C1\CCCC1C(SC)=C(C#N)C#N. The minimum atomic E-state index is -0.627. The van der Waals surface area contributed by atoms with Gasteiger partial charge in [0.05, 0.1) is 6.61 Å². The number of hydrogen-bond donors (Lipinski definition) is 0. The molecular weight excluding hydrogens is 286 g/mol. The molecule has 0 aliphatic heterocycles. The van der Waals surface area contributed by atoms with Gasteiger partial charge in [-0.3, -0.25) is 0 Å². The lowest BCUT2D eigenvalue weighted by Gasteiger charge is -2.16. The Morgan fingerprint density at radius 2 is 2.00 bits per heavy atom. The van der Waals surface area contributed by atoms with Crippen molar-refractivity contribution in [3.8, 4) is 18.2 Å². The number of carbonyl (C=O) groups is 1. The van der Waals surface area contributed by atoms with Gasteiger partial charge in [0.1, 0.15) is 29.4 Å². The maximum Gasteiger partial charge on any atom is 0.348 e. The van der Waals surface area contributed by atoms with E-state index in [0.29, 0.717) is 16.9 Å². The Labute approximate surface area is 128 Å². The zero-order chi connectivity index (χ0) is 15.8. The van der Waals surface area contributed by atoms with Gasteiger partial charge in [-0.05, 0) is 38.0 Å². The highest BCUT2D eigenvalue weighted by Gasteiger charge is 2.31. The van der Waals surface area contributed by atoms with Crippen LogP contribution in [0.5, 0.6) is 0 Å². The summed E-state index contributed by atoms with van der Waals surface area (Å²) in [4.78, 5) is 12.5. The van der Waals surface area contributed by atoms with Crippen molar-refractivity contribution >= 4 is 17.7 Å². The van der Waals surface area contributed by atoms with Crippen LogP contribution in [0.4, 0.5) is 0 Å². The van der Waals surface area contributed by atoms with Crippen LogP contribution in [0.3, 0.4) is 0 Å². The van der Waals surface area contributed by atoms with E-state index in [9.17, 15) is 10.1 Å². The van der Waals surface area contributed by atoms with Gasteiger partial charge in [0.15, 0.2) is 0 Å². The van der Waals surface area contributed by atoms with E-state index in [1.54, 1.807) is 13.2 Å². The van der Waals surface area contributed by atoms with E-state index in [4.69, 9.17) is 15.3 Å². The lowest BCUT2D eigenvalue weighted by atomic mass is 9.95. The summed E-state index contributed by atoms with van der Waals surface area (Å²) in [6.45, 7) is 1.88. The third-order valence-electron chi connectivity index (χ3n) is 3.28. The number of hydrogen-bond acceptors (Lipinski definition) is 6. The molecule has 1 aliphatic carbocycles. The van der Waals surface area contributed by atoms with E-state index in [0.717, 1.165) is 12.8 Å². The number of allylic oxidation sites excluding steroid dienone is 3. The molecule has 5 nitrogen and oxygen atoms in total. The third kappa shape index (κ3) is 3.66. The first-order valence-corrected chi connectivity index (χ1v) is 7.75. The molecule has 1 atom stereocenters. The Bertz CT molecular complexity index is 598. The predicted octanol–water partition coefficient (Wildman–Crippen LogP) is 2.83. The molecule has 0 bridgehead atoms. The molecule has 1 saturated carbocycles. The van der Waals surface area contributed by atoms with Crippen LogP contribution >= 0.6 is 11.8 Å². The minimum absolute atomic E-state index is 0.0149. The molecule has 0 N–H and O–H groups in total. The fourth-order valence-corrected chi connectivity index (χ4v) is 3.28. The Balaban J connectivity index is 3.35. The Kier molecular flexibility index (Phi) is 6.53. The van der Waals surface area contributed by atoms with Gasteiger partial charge < -0.3 is 4.74 Å². The molecule has 0 aromatic heterocycles. The molecule has 0 amide bonds. The zero-order valence-electron chi connectivity index (χ0n) is 12.0. The van der Waals surface area contributed by atoms with Crippen molar-refractivity contribution in [2.45, 2.75) is 26.2 Å². The fraction of sp³-hybridized carbons (Fsp3) is 0.467. The number of ether oxygens (including phenoxy) is 1. The number of carbonyl (C=O) groups excluding carboxylic acids is 1. The van der Waals surface area contributed by atoms with Gasteiger partial charge in [0, 0.05) is 10.8 Å². The van der Waals surface area contributed by atoms with E-state index >= 15 is 0 Å². The summed E-state index contributed by atoms with van der Waals surface area (Å²) in [7, 11) is 0. The van der Waals surface area contributed by atoms with Gasteiger partial charge in [-0.25, -0.2) is 4.79 Å². The molecule has 1 fully saturated rings. The highest BCUT2D eigenvalue weighted by molar-refractivity contribution is 8.02. The molecule has 0 aromatic carbocycles. The van der Waals surface area contributed by atoms with Crippen molar-refractivity contribution < 1.29 is 9.53 Å². The molecule has 21 heavy (non-hydrogen) atoms. The number of rotatable bonds is 4. The highest BCUT2D eigenvalue weighted by Crippen LogP contribution is 2.43. The van der Waals surface area contributed by atoms with Gasteiger partial charge in [0.2, 0.25) is 0 Å². The van der Waals surface area contributed by atoms with Gasteiger partial charge >= 0.3 is 5.97 Å². The summed E-state index contributed by atoms with van der Waals surface area (Å²) in [5.41, 5.74) is 0.748. The van der Waals surface area contributed by atoms with Crippen LogP contribution in [0.25, 0.3) is 0 Å². The molecule has 108 valence electrons. The standard InChI is InChI=1S/C15H15N3O2S/c1-3-20-15(19)13(9-18)11-5-4-6-12(11)14(21-2)10(7-16)8-17/h12H,3-6H2,1-2H3/b13-11+. The normalized spacial score (nSPS) is 18.9. The van der Waals surface area contributed by atoms with Crippen molar-refractivity contribution in [1.29, 1.82) is 15.8 Å². The zero-order valence-corrected chi connectivity index (χ0v) is 12.8. The Morgan fingerprint density at radius 1 is 1.33 bits per heavy atom. The molecule has 0 aromatic rings. The van der Waals surface area contributed by atoms with Crippen molar-refractivity contribution in [2.24, 2.45) is 5.92 Å². The van der Waals surface area contributed by atoms with E-state index in [1.807, 2.05) is 18.2 Å². The minimum Gasteiger partial charge on any atom is -0.462 e. The first-order chi connectivity index (χ1) is 10.1. The summed E-state index contributed by atoms with van der Waals surface area (Å²) in [5, 5.41) is 27.3. The second-order valence-corrected chi connectivity index (χ2v) is 5.19. The summed E-state index contributed by atoms with van der Waals surface area (Å²) >= 11 is 1.32. The van der Waals surface area contributed by atoms with Gasteiger partial charge in [-0.1, -0.05) is 0 Å². The topological polar surface area (TPSA) is 97.7 Å². The van der Waals surface area contributed by atoms with Crippen LogP contribution in [-0.4, -0.2) is 18.8 Å². The van der Waals surface area contributed by atoms with E-state index in [2.05, 4.69) is 0 Å². The fourth-order valence-electron chi connectivity index (χ4n) is 2.44. The molecule has 0 radical (unpaired) electrons. The third-order valence-corrected chi connectivity index (χ3v) is 4.21. The van der Waals surface area contributed by atoms with Crippen molar-refractivity contribution in [3.05, 3.63) is 21.6 Å². The molecule has 0 saturated heterocycles. The average Bonchev–Trinajstić information content (AvgIpc) is 2.94. The largest absolute Gasteiger partial charge is 0.462 e. The second kappa shape index (κ2) is 8.15. The molecule has 0 heterocycles. The average molecular weight is 301 g/mol. The van der Waals surface area contributed by atoms with Crippen LogP contribution in [-0.2, 0) is 9.53 Å². The highest BCUT2D eigenvalue weighted by atomic mass is 32.2. The second-order valence-electron chi connectivity index (χ2n) is 4.34. The Hall–Kier alpha value is -2.23.